The molecule has 18 heavy (non-hydrogen) atoms. The molecule has 1 aromatic rings. The van der Waals surface area contributed by atoms with Gasteiger partial charge < -0.3 is 10.5 Å². The van der Waals surface area contributed by atoms with Gasteiger partial charge in [0.2, 0.25) is 0 Å². The van der Waals surface area contributed by atoms with Gasteiger partial charge in [0.1, 0.15) is 11.6 Å². The largest absolute Gasteiger partial charge is 0.496 e. The smallest absolute Gasteiger partial charge is 0.141 e. The van der Waals surface area contributed by atoms with Crippen molar-refractivity contribution in [3.05, 3.63) is 28.0 Å². The molecule has 0 aliphatic heterocycles. The van der Waals surface area contributed by atoms with Crippen LogP contribution in [0.4, 0.5) is 4.39 Å². The lowest BCUT2D eigenvalue weighted by atomic mass is 9.77. The number of ether oxygens (including phenoxy) is 1. The van der Waals surface area contributed by atoms with E-state index in [0.29, 0.717) is 10.2 Å². The summed E-state index contributed by atoms with van der Waals surface area (Å²) in [7, 11) is 1.55. The number of hydrogen-bond donors (Lipinski definition) is 1. The second kappa shape index (κ2) is 5.17. The normalized spacial score (nSPS) is 19.8. The number of halogens is 2. The number of benzene rings is 1. The van der Waals surface area contributed by atoms with Crippen molar-refractivity contribution in [3.63, 3.8) is 0 Å². The van der Waals surface area contributed by atoms with E-state index < -0.39 is 0 Å². The van der Waals surface area contributed by atoms with Crippen LogP contribution in [0.2, 0.25) is 0 Å². The first-order valence-electron chi connectivity index (χ1n) is 6.26. The molecule has 1 aliphatic carbocycles. The molecule has 1 aliphatic rings. The van der Waals surface area contributed by atoms with E-state index in [4.69, 9.17) is 10.5 Å². The fourth-order valence-corrected chi connectivity index (χ4v) is 3.19. The van der Waals surface area contributed by atoms with Crippen LogP contribution >= 0.6 is 15.9 Å². The molecule has 0 heterocycles. The van der Waals surface area contributed by atoms with Crippen molar-refractivity contribution < 1.29 is 9.13 Å². The molecule has 2 rings (SSSR count). The van der Waals surface area contributed by atoms with Crippen LogP contribution in [0.15, 0.2) is 16.6 Å². The molecular weight excluding hydrogens is 297 g/mol. The van der Waals surface area contributed by atoms with Crippen LogP contribution in [-0.4, -0.2) is 7.11 Å². The Morgan fingerprint density at radius 2 is 2.00 bits per heavy atom. The summed E-state index contributed by atoms with van der Waals surface area (Å²) in [6.45, 7) is 2.21. The minimum atomic E-state index is -0.320. The first kappa shape index (κ1) is 13.8. The SMILES string of the molecule is COc1cc(F)c(Br)cc1C(N)C1(C)CCCC1. The molecule has 0 bridgehead atoms. The first-order chi connectivity index (χ1) is 8.48. The quantitative estimate of drug-likeness (QED) is 0.908. The molecular formula is C14H19BrFNO. The highest BCUT2D eigenvalue weighted by atomic mass is 79.9. The summed E-state index contributed by atoms with van der Waals surface area (Å²) >= 11 is 3.22. The highest BCUT2D eigenvalue weighted by molar-refractivity contribution is 9.10. The molecule has 0 radical (unpaired) electrons. The van der Waals surface area contributed by atoms with E-state index in [0.717, 1.165) is 18.4 Å². The number of rotatable bonds is 3. The molecule has 0 aromatic heterocycles. The Kier molecular flexibility index (Phi) is 3.97. The lowest BCUT2D eigenvalue weighted by Gasteiger charge is -2.32. The third-order valence-corrected chi connectivity index (χ3v) is 4.71. The van der Waals surface area contributed by atoms with E-state index in [9.17, 15) is 4.39 Å². The van der Waals surface area contributed by atoms with E-state index in [1.54, 1.807) is 13.2 Å². The van der Waals surface area contributed by atoms with Gasteiger partial charge in [-0.25, -0.2) is 4.39 Å². The van der Waals surface area contributed by atoms with Crippen LogP contribution in [0.5, 0.6) is 5.75 Å². The van der Waals surface area contributed by atoms with Gasteiger partial charge in [-0.05, 0) is 40.3 Å². The first-order valence-corrected chi connectivity index (χ1v) is 7.06. The zero-order chi connectivity index (χ0) is 13.3. The van der Waals surface area contributed by atoms with Gasteiger partial charge in [-0.2, -0.15) is 0 Å². The van der Waals surface area contributed by atoms with Crippen molar-refractivity contribution in [3.8, 4) is 5.75 Å². The summed E-state index contributed by atoms with van der Waals surface area (Å²) < 4.78 is 19.2. The topological polar surface area (TPSA) is 35.2 Å². The molecule has 1 aromatic carbocycles. The van der Waals surface area contributed by atoms with E-state index in [2.05, 4.69) is 22.9 Å². The average molecular weight is 316 g/mol. The minimum Gasteiger partial charge on any atom is -0.496 e. The maximum atomic E-state index is 13.5. The number of hydrogen-bond acceptors (Lipinski definition) is 2. The highest BCUT2D eigenvalue weighted by Gasteiger charge is 2.37. The fraction of sp³-hybridized carbons (Fsp3) is 0.571. The molecule has 2 nitrogen and oxygen atoms in total. The molecule has 100 valence electrons. The summed E-state index contributed by atoms with van der Waals surface area (Å²) in [4.78, 5) is 0. The van der Waals surface area contributed by atoms with E-state index in [1.807, 2.05) is 0 Å². The van der Waals surface area contributed by atoms with Crippen LogP contribution in [0.3, 0.4) is 0 Å². The van der Waals surface area contributed by atoms with E-state index >= 15 is 0 Å². The Labute approximate surface area is 116 Å². The zero-order valence-corrected chi connectivity index (χ0v) is 12.4. The van der Waals surface area contributed by atoms with Crippen molar-refractivity contribution in [2.75, 3.05) is 7.11 Å². The van der Waals surface area contributed by atoms with Gasteiger partial charge in [0.05, 0.1) is 11.6 Å². The molecule has 1 saturated carbocycles. The standard InChI is InChI=1S/C14H19BrFNO/c1-14(5-3-4-6-14)13(17)9-7-10(15)11(16)8-12(9)18-2/h7-8,13H,3-6,17H2,1-2H3. The molecule has 1 unspecified atom stereocenters. The molecule has 1 atom stereocenters. The Bertz CT molecular complexity index is 444. The molecule has 0 amide bonds. The summed E-state index contributed by atoms with van der Waals surface area (Å²) in [5.41, 5.74) is 7.38. The average Bonchev–Trinajstić information content (AvgIpc) is 2.79. The maximum Gasteiger partial charge on any atom is 0.141 e. The Hall–Kier alpha value is -0.610. The Morgan fingerprint density at radius 3 is 2.56 bits per heavy atom. The van der Waals surface area contributed by atoms with Gasteiger partial charge >= 0.3 is 0 Å². The number of methoxy groups -OCH3 is 1. The van der Waals surface area contributed by atoms with Crippen LogP contribution in [0.1, 0.15) is 44.2 Å². The van der Waals surface area contributed by atoms with E-state index in [1.165, 1.54) is 18.9 Å². The fourth-order valence-electron chi connectivity index (χ4n) is 2.83. The van der Waals surface area contributed by atoms with Gasteiger partial charge in [-0.15, -0.1) is 0 Å². The maximum absolute atomic E-state index is 13.5. The molecule has 1 fully saturated rings. The Morgan fingerprint density at radius 1 is 1.39 bits per heavy atom. The van der Waals surface area contributed by atoms with Crippen molar-refractivity contribution in [2.24, 2.45) is 11.1 Å². The van der Waals surface area contributed by atoms with Crippen LogP contribution < -0.4 is 10.5 Å². The lowest BCUT2D eigenvalue weighted by Crippen LogP contribution is -2.29. The second-order valence-corrected chi connectivity index (χ2v) is 6.20. The minimum absolute atomic E-state index is 0.0878. The van der Waals surface area contributed by atoms with Crippen LogP contribution in [-0.2, 0) is 0 Å². The van der Waals surface area contributed by atoms with Crippen LogP contribution in [0.25, 0.3) is 0 Å². The third kappa shape index (κ3) is 2.41. The third-order valence-electron chi connectivity index (χ3n) is 4.10. The van der Waals surface area contributed by atoms with Crippen molar-refractivity contribution in [1.29, 1.82) is 0 Å². The highest BCUT2D eigenvalue weighted by Crippen LogP contribution is 2.48. The summed E-state index contributed by atoms with van der Waals surface area (Å²) in [6, 6.07) is 3.03. The molecule has 4 heteroatoms. The molecule has 2 N–H and O–H groups in total. The lowest BCUT2D eigenvalue weighted by molar-refractivity contribution is 0.258. The van der Waals surface area contributed by atoms with Gasteiger partial charge in [0.15, 0.2) is 0 Å². The van der Waals surface area contributed by atoms with E-state index in [-0.39, 0.29) is 17.3 Å². The van der Waals surface area contributed by atoms with Gasteiger partial charge in [0.25, 0.3) is 0 Å². The van der Waals surface area contributed by atoms with Crippen molar-refractivity contribution in [1.82, 2.24) is 0 Å². The summed E-state index contributed by atoms with van der Waals surface area (Å²) in [6.07, 6.45) is 4.67. The van der Waals surface area contributed by atoms with Crippen LogP contribution in [0, 0.1) is 11.2 Å². The van der Waals surface area contributed by atoms with Gasteiger partial charge in [0, 0.05) is 17.7 Å². The molecule has 0 saturated heterocycles. The summed E-state index contributed by atoms with van der Waals surface area (Å²) in [5.74, 6) is 0.218. The zero-order valence-electron chi connectivity index (χ0n) is 10.8. The number of nitrogens with two attached hydrogens (primary N) is 1. The van der Waals surface area contributed by atoms with Gasteiger partial charge in [-0.1, -0.05) is 19.8 Å². The molecule has 0 spiro atoms. The summed E-state index contributed by atoms with van der Waals surface area (Å²) in [5, 5.41) is 0. The predicted molar refractivity (Wildman–Crippen MR) is 74.2 cm³/mol. The monoisotopic (exact) mass is 315 g/mol. The van der Waals surface area contributed by atoms with Crippen molar-refractivity contribution in [2.45, 2.75) is 38.6 Å². The van der Waals surface area contributed by atoms with Crippen molar-refractivity contribution >= 4 is 15.9 Å². The van der Waals surface area contributed by atoms with Gasteiger partial charge in [-0.3, -0.25) is 0 Å². The predicted octanol–water partition coefficient (Wildman–Crippen LogP) is 4.18. The second-order valence-electron chi connectivity index (χ2n) is 5.35. The Balaban J connectivity index is 2.40.